The van der Waals surface area contributed by atoms with Crippen LogP contribution in [0.2, 0.25) is 0 Å². The molecule has 0 heterocycles. The molecule has 1 N–H and O–H groups in total. The Balaban J connectivity index is 1.18. The van der Waals surface area contributed by atoms with Crippen LogP contribution >= 0.6 is 0 Å². The average Bonchev–Trinajstić information content (AvgIpc) is 3.04. The summed E-state index contributed by atoms with van der Waals surface area (Å²) in [5, 5.41) is 0. The van der Waals surface area contributed by atoms with Gasteiger partial charge in [0.05, 0.1) is 6.61 Å². The van der Waals surface area contributed by atoms with Crippen LogP contribution in [0, 0.1) is 0 Å². The normalized spacial score (nSPS) is 11.1. The lowest BCUT2D eigenvalue weighted by Gasteiger charge is -2.13. The van der Waals surface area contributed by atoms with Gasteiger partial charge in [0, 0.05) is 34.7 Å². The lowest BCUT2D eigenvalue weighted by molar-refractivity contribution is 0.103. The molecule has 8 heteroatoms. The van der Waals surface area contributed by atoms with Crippen LogP contribution < -0.4 is 9.47 Å². The molecular weight excluding hydrogens is 564 g/mol. The molecule has 0 aromatic heterocycles. The maximum absolute atomic E-state index is 12.6. The molecule has 0 saturated heterocycles. The highest BCUT2D eigenvalue weighted by Crippen LogP contribution is 2.29. The third-order valence-corrected chi connectivity index (χ3v) is 7.63. The quantitative estimate of drug-likeness (QED) is 0.129. The molecule has 5 aromatic rings. The molecule has 0 saturated carbocycles. The highest BCUT2D eigenvalue weighted by molar-refractivity contribution is 7.86. The van der Waals surface area contributed by atoms with E-state index in [-0.39, 0.29) is 36.3 Å². The molecule has 0 fully saturated rings. The fraction of sp³-hybridized carbons (Fsp3) is 0.0857. The van der Waals surface area contributed by atoms with E-state index < -0.39 is 15.0 Å². The first-order valence-corrected chi connectivity index (χ1v) is 15.0. The van der Waals surface area contributed by atoms with Crippen molar-refractivity contribution in [1.82, 2.24) is 0 Å². The molecule has 216 valence electrons. The molecular formula is C35H28O7S. The van der Waals surface area contributed by atoms with Crippen molar-refractivity contribution in [3.05, 3.63) is 161 Å². The number of benzene rings is 5. The van der Waals surface area contributed by atoms with E-state index in [0.29, 0.717) is 34.2 Å². The number of ketones is 2. The van der Waals surface area contributed by atoms with Gasteiger partial charge in [-0.1, -0.05) is 109 Å². The lowest BCUT2D eigenvalue weighted by atomic mass is 10.0. The summed E-state index contributed by atoms with van der Waals surface area (Å²) >= 11 is 0. The minimum Gasteiger partial charge on any atom is -0.493 e. The Kier molecular flexibility index (Phi) is 9.10. The van der Waals surface area contributed by atoms with Crippen LogP contribution in [0.1, 0.15) is 43.0 Å². The van der Waals surface area contributed by atoms with E-state index in [9.17, 15) is 22.6 Å². The largest absolute Gasteiger partial charge is 0.493 e. The van der Waals surface area contributed by atoms with E-state index in [0.717, 1.165) is 5.56 Å². The van der Waals surface area contributed by atoms with Gasteiger partial charge in [-0.25, -0.2) is 0 Å². The number of ether oxygens (including phenoxy) is 2. The van der Waals surface area contributed by atoms with Gasteiger partial charge in [0.2, 0.25) is 0 Å². The minimum absolute atomic E-state index is 0.0191. The number of rotatable bonds is 12. The molecule has 0 unspecified atom stereocenters. The third-order valence-electron chi connectivity index (χ3n) is 6.75. The van der Waals surface area contributed by atoms with Crippen LogP contribution in [0.5, 0.6) is 11.5 Å². The van der Waals surface area contributed by atoms with Crippen molar-refractivity contribution in [3.8, 4) is 11.5 Å². The van der Waals surface area contributed by atoms with E-state index in [2.05, 4.69) is 0 Å². The Morgan fingerprint density at radius 1 is 0.581 bits per heavy atom. The van der Waals surface area contributed by atoms with E-state index >= 15 is 0 Å². The van der Waals surface area contributed by atoms with E-state index in [1.54, 1.807) is 78.9 Å². The Bertz CT molecular complexity index is 1820. The first-order chi connectivity index (χ1) is 20.8. The van der Waals surface area contributed by atoms with Crippen molar-refractivity contribution in [3.63, 3.8) is 0 Å². The SMILES string of the molecule is O=C(c1ccccc1)c1ccc(CCOc2ccc(OCc3ccc(C(=O)c4ccccc4)cc3)c(S(=O)(=O)O)c2)cc1. The zero-order valence-electron chi connectivity index (χ0n) is 23.1. The maximum atomic E-state index is 12.6. The number of hydrogen-bond acceptors (Lipinski definition) is 6. The predicted octanol–water partition coefficient (Wildman–Crippen LogP) is 6.60. The Morgan fingerprint density at radius 2 is 1.07 bits per heavy atom. The molecule has 0 atom stereocenters. The van der Waals surface area contributed by atoms with E-state index in [1.165, 1.54) is 12.1 Å². The first-order valence-electron chi connectivity index (χ1n) is 13.5. The van der Waals surface area contributed by atoms with Gasteiger partial charge in [-0.15, -0.1) is 0 Å². The van der Waals surface area contributed by atoms with Crippen LogP contribution in [-0.4, -0.2) is 31.1 Å². The number of carbonyl (C=O) groups excluding carboxylic acids is 2. The molecule has 0 radical (unpaired) electrons. The van der Waals surface area contributed by atoms with Crippen molar-refractivity contribution >= 4 is 21.7 Å². The van der Waals surface area contributed by atoms with Gasteiger partial charge in [-0.2, -0.15) is 8.42 Å². The van der Waals surface area contributed by atoms with Crippen molar-refractivity contribution in [2.75, 3.05) is 6.61 Å². The van der Waals surface area contributed by atoms with Gasteiger partial charge in [0.15, 0.2) is 11.6 Å². The average molecular weight is 593 g/mol. The fourth-order valence-corrected chi connectivity index (χ4v) is 5.08. The van der Waals surface area contributed by atoms with Gasteiger partial charge in [-0.05, 0) is 23.3 Å². The van der Waals surface area contributed by atoms with Crippen LogP contribution in [-0.2, 0) is 23.1 Å². The molecule has 5 aromatic carbocycles. The topological polar surface area (TPSA) is 107 Å². The summed E-state index contributed by atoms with van der Waals surface area (Å²) in [5.41, 5.74) is 3.96. The summed E-state index contributed by atoms with van der Waals surface area (Å²) in [6.07, 6.45) is 0.516. The standard InChI is InChI=1S/C35H28O7S/c36-34(27-7-3-1-4-8-27)29-15-11-25(12-16-29)21-22-41-31-19-20-32(33(23-31)43(38,39)40)42-24-26-13-17-30(18-14-26)35(37)28-9-5-2-6-10-28/h1-20,23H,21-22,24H2,(H,38,39,40). The monoisotopic (exact) mass is 592 g/mol. The zero-order valence-corrected chi connectivity index (χ0v) is 23.9. The van der Waals surface area contributed by atoms with Gasteiger partial charge in [0.1, 0.15) is 23.0 Å². The van der Waals surface area contributed by atoms with Crippen molar-refractivity contribution < 1.29 is 32.0 Å². The Morgan fingerprint density at radius 3 is 1.58 bits per heavy atom. The highest BCUT2D eigenvalue weighted by Gasteiger charge is 2.19. The number of hydrogen-bond donors (Lipinski definition) is 1. The molecule has 0 aliphatic heterocycles. The molecule has 5 rings (SSSR count). The van der Waals surface area contributed by atoms with Crippen molar-refractivity contribution in [2.45, 2.75) is 17.9 Å². The third kappa shape index (κ3) is 7.62. The highest BCUT2D eigenvalue weighted by atomic mass is 32.2. The molecule has 0 spiro atoms. The molecule has 0 bridgehead atoms. The van der Waals surface area contributed by atoms with Gasteiger partial charge in [-0.3, -0.25) is 14.1 Å². The van der Waals surface area contributed by atoms with Crippen molar-refractivity contribution in [2.24, 2.45) is 0 Å². The molecule has 0 aliphatic carbocycles. The van der Waals surface area contributed by atoms with Gasteiger partial charge >= 0.3 is 0 Å². The van der Waals surface area contributed by atoms with Crippen LogP contribution in [0.4, 0.5) is 0 Å². The molecule has 0 aliphatic rings. The summed E-state index contributed by atoms with van der Waals surface area (Å²) in [6.45, 7) is 0.260. The maximum Gasteiger partial charge on any atom is 0.298 e. The molecule has 43 heavy (non-hydrogen) atoms. The fourth-order valence-electron chi connectivity index (χ4n) is 4.43. The minimum atomic E-state index is -4.60. The van der Waals surface area contributed by atoms with E-state index in [1.807, 2.05) is 36.4 Å². The van der Waals surface area contributed by atoms with Crippen molar-refractivity contribution in [1.29, 1.82) is 0 Å². The van der Waals surface area contributed by atoms with Gasteiger partial charge in [0.25, 0.3) is 10.1 Å². The Labute approximate surface area is 250 Å². The summed E-state index contributed by atoms with van der Waals surface area (Å²) in [7, 11) is -4.60. The second kappa shape index (κ2) is 13.3. The lowest BCUT2D eigenvalue weighted by Crippen LogP contribution is -2.07. The predicted molar refractivity (Wildman–Crippen MR) is 162 cm³/mol. The van der Waals surface area contributed by atoms with E-state index in [4.69, 9.17) is 9.47 Å². The summed E-state index contributed by atoms with van der Waals surface area (Å²) in [6, 6.07) is 36.2. The summed E-state index contributed by atoms with van der Waals surface area (Å²) in [4.78, 5) is 24.8. The summed E-state index contributed by atoms with van der Waals surface area (Å²) < 4.78 is 45.5. The second-order valence-corrected chi connectivity index (χ2v) is 11.1. The van der Waals surface area contributed by atoms with Gasteiger partial charge < -0.3 is 9.47 Å². The summed E-state index contributed by atoms with van der Waals surface area (Å²) in [5.74, 6) is 0.0590. The molecule has 0 amide bonds. The molecule has 7 nitrogen and oxygen atoms in total. The smallest absolute Gasteiger partial charge is 0.298 e. The van der Waals surface area contributed by atoms with Crippen LogP contribution in [0.3, 0.4) is 0 Å². The zero-order chi connectivity index (χ0) is 30.2. The van der Waals surface area contributed by atoms with Crippen LogP contribution in [0.25, 0.3) is 0 Å². The Hall–Kier alpha value is -5.05. The number of carbonyl (C=O) groups is 2. The first kappa shape index (κ1) is 29.4. The second-order valence-electron chi connectivity index (χ2n) is 9.75. The van der Waals surface area contributed by atoms with Crippen LogP contribution in [0.15, 0.2) is 132 Å².